The average molecular weight is 340 g/mol. The van der Waals surface area contributed by atoms with Gasteiger partial charge in [-0.1, -0.05) is 0 Å². The number of nitrogens with two attached hydrogens (primary N) is 1. The smallest absolute Gasteiger partial charge is 0.243 e. The second-order valence-corrected chi connectivity index (χ2v) is 7.68. The maximum absolute atomic E-state index is 13.8. The summed E-state index contributed by atoms with van der Waals surface area (Å²) in [5, 5.41) is 4.85. The molecule has 0 aliphatic heterocycles. The van der Waals surface area contributed by atoms with Crippen molar-refractivity contribution >= 4 is 20.0 Å². The largest absolute Gasteiger partial charge is 0.385 e. The van der Waals surface area contributed by atoms with Crippen molar-refractivity contribution in [1.29, 1.82) is 0 Å². The molecule has 0 aromatic heterocycles. The molecule has 10 heteroatoms. The Bertz CT molecular complexity index is 703. The van der Waals surface area contributed by atoms with Crippen LogP contribution in [0.3, 0.4) is 0 Å². The maximum atomic E-state index is 13.8. The molecular formula is C11H17FN2O5S2. The minimum atomic E-state index is -4.10. The van der Waals surface area contributed by atoms with Crippen LogP contribution < -0.4 is 9.86 Å². The standard InChI is InChI=1S/C11H17FN2O5S2/c1-8(5-6-19-2)14-21(17,18)11-4-3-9(7-10(11)12)20(13,15)16/h3-4,7-8,14H,5-6H2,1-2H3,(H2,13,15,16). The third-order valence-corrected chi connectivity index (χ3v) is 5.17. The fourth-order valence-corrected chi connectivity index (χ4v) is 3.42. The summed E-state index contributed by atoms with van der Waals surface area (Å²) in [5.74, 6) is -1.19. The molecule has 1 rings (SSSR count). The van der Waals surface area contributed by atoms with E-state index in [-0.39, 0.29) is 0 Å². The summed E-state index contributed by atoms with van der Waals surface area (Å²) in [5.41, 5.74) is 0. The number of benzene rings is 1. The van der Waals surface area contributed by atoms with Crippen molar-refractivity contribution in [2.45, 2.75) is 29.2 Å². The Morgan fingerprint density at radius 3 is 2.43 bits per heavy atom. The number of nitrogens with one attached hydrogen (secondary N) is 1. The summed E-state index contributed by atoms with van der Waals surface area (Å²) in [6.45, 7) is 1.95. The number of hydrogen-bond acceptors (Lipinski definition) is 5. The van der Waals surface area contributed by atoms with Crippen LogP contribution in [0.15, 0.2) is 28.0 Å². The third-order valence-electron chi connectivity index (χ3n) is 2.63. The van der Waals surface area contributed by atoms with E-state index in [4.69, 9.17) is 9.88 Å². The zero-order chi connectivity index (χ0) is 16.3. The van der Waals surface area contributed by atoms with E-state index in [9.17, 15) is 21.2 Å². The fraction of sp³-hybridized carbons (Fsp3) is 0.455. The number of halogens is 1. The summed E-state index contributed by atoms with van der Waals surface area (Å²) >= 11 is 0. The lowest BCUT2D eigenvalue weighted by atomic mass is 10.3. The lowest BCUT2D eigenvalue weighted by molar-refractivity contribution is 0.188. The average Bonchev–Trinajstić information content (AvgIpc) is 2.34. The van der Waals surface area contributed by atoms with Gasteiger partial charge in [-0.05, 0) is 31.5 Å². The number of primary sulfonamides is 1. The summed E-state index contributed by atoms with van der Waals surface area (Å²) in [6.07, 6.45) is 0.409. The number of sulfonamides is 2. The van der Waals surface area contributed by atoms with E-state index in [1.165, 1.54) is 7.11 Å². The van der Waals surface area contributed by atoms with Crippen molar-refractivity contribution in [3.05, 3.63) is 24.0 Å². The van der Waals surface area contributed by atoms with Crippen LogP contribution in [0.2, 0.25) is 0 Å². The first-order chi connectivity index (χ1) is 9.58. The summed E-state index contributed by atoms with van der Waals surface area (Å²) < 4.78 is 67.1. The fourth-order valence-electron chi connectivity index (χ4n) is 1.56. The van der Waals surface area contributed by atoms with Gasteiger partial charge in [0.1, 0.15) is 10.7 Å². The molecule has 0 heterocycles. The Kier molecular flexibility index (Phi) is 5.82. The van der Waals surface area contributed by atoms with E-state index in [1.54, 1.807) is 6.92 Å². The van der Waals surface area contributed by atoms with Crippen LogP contribution in [-0.2, 0) is 24.8 Å². The number of ether oxygens (including phenoxy) is 1. The molecule has 0 fully saturated rings. The highest BCUT2D eigenvalue weighted by Crippen LogP contribution is 2.18. The summed E-state index contributed by atoms with van der Waals surface area (Å²) in [7, 11) is -6.71. The molecule has 1 atom stereocenters. The molecular weight excluding hydrogens is 323 g/mol. The SMILES string of the molecule is COCCC(C)NS(=O)(=O)c1ccc(S(N)(=O)=O)cc1F. The minimum absolute atomic E-state index is 0.344. The molecule has 0 bridgehead atoms. The van der Waals surface area contributed by atoms with Gasteiger partial charge in [-0.3, -0.25) is 0 Å². The lowest BCUT2D eigenvalue weighted by Crippen LogP contribution is -2.34. The Morgan fingerprint density at radius 1 is 1.33 bits per heavy atom. The zero-order valence-electron chi connectivity index (χ0n) is 11.5. The van der Waals surface area contributed by atoms with Gasteiger partial charge in [0.15, 0.2) is 0 Å². The first kappa shape index (κ1) is 18.0. The van der Waals surface area contributed by atoms with Crippen molar-refractivity contribution in [2.75, 3.05) is 13.7 Å². The van der Waals surface area contributed by atoms with E-state index < -0.39 is 41.7 Å². The molecule has 1 aromatic rings. The topological polar surface area (TPSA) is 116 Å². The Hall–Kier alpha value is -1.07. The molecule has 3 N–H and O–H groups in total. The van der Waals surface area contributed by atoms with Crippen LogP contribution in [0.25, 0.3) is 0 Å². The predicted octanol–water partition coefficient (Wildman–Crippen LogP) is 0.176. The Morgan fingerprint density at radius 2 is 1.95 bits per heavy atom. The second-order valence-electron chi connectivity index (χ2n) is 4.44. The van der Waals surface area contributed by atoms with Crippen LogP contribution in [-0.4, -0.2) is 36.6 Å². The van der Waals surface area contributed by atoms with E-state index in [1.807, 2.05) is 0 Å². The van der Waals surface area contributed by atoms with E-state index >= 15 is 0 Å². The zero-order valence-corrected chi connectivity index (χ0v) is 13.2. The minimum Gasteiger partial charge on any atom is -0.385 e. The molecule has 0 aliphatic rings. The van der Waals surface area contributed by atoms with Crippen LogP contribution in [0, 0.1) is 5.82 Å². The Labute approximate surface area is 123 Å². The molecule has 0 radical (unpaired) electrons. The highest BCUT2D eigenvalue weighted by atomic mass is 32.2. The van der Waals surface area contributed by atoms with Gasteiger partial charge in [-0.15, -0.1) is 0 Å². The predicted molar refractivity (Wildman–Crippen MR) is 74.0 cm³/mol. The normalized spacial score (nSPS) is 14.1. The van der Waals surface area contributed by atoms with Gasteiger partial charge in [0.25, 0.3) is 0 Å². The highest BCUT2D eigenvalue weighted by molar-refractivity contribution is 7.89. The van der Waals surface area contributed by atoms with Gasteiger partial charge in [-0.2, -0.15) is 0 Å². The molecule has 120 valence electrons. The third kappa shape index (κ3) is 5.00. The molecule has 0 saturated heterocycles. The van der Waals surface area contributed by atoms with Crippen LogP contribution in [0.4, 0.5) is 4.39 Å². The van der Waals surface area contributed by atoms with Gasteiger partial charge in [-0.25, -0.2) is 31.1 Å². The van der Waals surface area contributed by atoms with E-state index in [0.717, 1.165) is 12.1 Å². The first-order valence-electron chi connectivity index (χ1n) is 5.91. The quantitative estimate of drug-likeness (QED) is 0.734. The van der Waals surface area contributed by atoms with Crippen molar-refractivity contribution in [1.82, 2.24) is 4.72 Å². The second kappa shape index (κ2) is 6.79. The van der Waals surface area contributed by atoms with Gasteiger partial charge in [0.05, 0.1) is 4.90 Å². The van der Waals surface area contributed by atoms with Crippen molar-refractivity contribution in [3.63, 3.8) is 0 Å². The number of hydrogen-bond donors (Lipinski definition) is 2. The van der Waals surface area contributed by atoms with Gasteiger partial charge in [0, 0.05) is 19.8 Å². The Balaban J connectivity index is 3.05. The van der Waals surface area contributed by atoms with Gasteiger partial charge < -0.3 is 4.74 Å². The lowest BCUT2D eigenvalue weighted by Gasteiger charge is -2.14. The van der Waals surface area contributed by atoms with Gasteiger partial charge in [0.2, 0.25) is 20.0 Å². The van der Waals surface area contributed by atoms with E-state index in [0.29, 0.717) is 19.1 Å². The van der Waals surface area contributed by atoms with Crippen molar-refractivity contribution in [3.8, 4) is 0 Å². The molecule has 0 aliphatic carbocycles. The molecule has 1 unspecified atom stereocenters. The monoisotopic (exact) mass is 340 g/mol. The van der Waals surface area contributed by atoms with Crippen LogP contribution >= 0.6 is 0 Å². The van der Waals surface area contributed by atoms with Crippen molar-refractivity contribution < 1.29 is 26.0 Å². The van der Waals surface area contributed by atoms with E-state index in [2.05, 4.69) is 4.72 Å². The number of methoxy groups -OCH3 is 1. The maximum Gasteiger partial charge on any atom is 0.243 e. The molecule has 0 saturated carbocycles. The summed E-state index contributed by atoms with van der Waals surface area (Å²) in [4.78, 5) is -1.13. The first-order valence-corrected chi connectivity index (χ1v) is 8.94. The van der Waals surface area contributed by atoms with Crippen molar-refractivity contribution in [2.24, 2.45) is 5.14 Å². The number of rotatable bonds is 7. The van der Waals surface area contributed by atoms with Crippen LogP contribution in [0.1, 0.15) is 13.3 Å². The molecule has 1 aromatic carbocycles. The molecule has 7 nitrogen and oxygen atoms in total. The van der Waals surface area contributed by atoms with Gasteiger partial charge >= 0.3 is 0 Å². The molecule has 0 amide bonds. The summed E-state index contributed by atoms with van der Waals surface area (Å²) in [6, 6.07) is 1.91. The molecule has 0 spiro atoms. The molecule has 21 heavy (non-hydrogen) atoms. The van der Waals surface area contributed by atoms with Crippen LogP contribution in [0.5, 0.6) is 0 Å². The highest BCUT2D eigenvalue weighted by Gasteiger charge is 2.23.